The number of rotatable bonds is 9. The minimum absolute atomic E-state index is 0.0552. The predicted molar refractivity (Wildman–Crippen MR) is 86.4 cm³/mol. The van der Waals surface area contributed by atoms with Crippen molar-refractivity contribution in [2.75, 3.05) is 13.7 Å². The van der Waals surface area contributed by atoms with E-state index in [0.29, 0.717) is 6.54 Å². The van der Waals surface area contributed by atoms with Crippen LogP contribution in [0.2, 0.25) is 0 Å². The summed E-state index contributed by atoms with van der Waals surface area (Å²) in [5.41, 5.74) is 6.91. The van der Waals surface area contributed by atoms with Crippen molar-refractivity contribution in [1.29, 1.82) is 0 Å². The molecule has 1 aromatic carbocycles. The first kappa shape index (κ1) is 17.5. The van der Waals surface area contributed by atoms with Crippen LogP contribution in [-0.4, -0.2) is 25.6 Å². The van der Waals surface area contributed by atoms with E-state index in [1.807, 2.05) is 38.1 Å². The molecule has 1 aromatic rings. The molecule has 21 heavy (non-hydrogen) atoms. The van der Waals surface area contributed by atoms with E-state index in [9.17, 15) is 4.79 Å². The summed E-state index contributed by atoms with van der Waals surface area (Å²) in [7, 11) is 1.65. The van der Waals surface area contributed by atoms with Gasteiger partial charge in [0.05, 0.1) is 7.11 Å². The minimum Gasteiger partial charge on any atom is -0.497 e. The molecule has 0 aliphatic rings. The van der Waals surface area contributed by atoms with Crippen LogP contribution in [0, 0.1) is 5.92 Å². The normalized spacial score (nSPS) is 13.5. The molecule has 4 heteroatoms. The number of ether oxygens (including phenoxy) is 1. The quantitative estimate of drug-likeness (QED) is 0.735. The fourth-order valence-electron chi connectivity index (χ4n) is 2.17. The van der Waals surface area contributed by atoms with Gasteiger partial charge in [0.2, 0.25) is 5.91 Å². The number of amides is 1. The monoisotopic (exact) mass is 292 g/mol. The van der Waals surface area contributed by atoms with Crippen molar-refractivity contribution in [2.45, 2.75) is 45.6 Å². The Balaban J connectivity index is 2.22. The Kier molecular flexibility index (Phi) is 7.83. The van der Waals surface area contributed by atoms with Gasteiger partial charge in [0, 0.05) is 18.5 Å². The Hall–Kier alpha value is -1.55. The summed E-state index contributed by atoms with van der Waals surface area (Å²) in [6.07, 6.45) is 3.71. The van der Waals surface area contributed by atoms with Crippen LogP contribution in [0.4, 0.5) is 0 Å². The van der Waals surface area contributed by atoms with Gasteiger partial charge in [0.15, 0.2) is 0 Å². The fourth-order valence-corrected chi connectivity index (χ4v) is 2.17. The zero-order valence-electron chi connectivity index (χ0n) is 13.4. The number of hydrogen-bond donors (Lipinski definition) is 2. The third kappa shape index (κ3) is 7.14. The third-order valence-electron chi connectivity index (χ3n) is 3.62. The topological polar surface area (TPSA) is 64.3 Å². The molecule has 0 bridgehead atoms. The maximum absolute atomic E-state index is 11.9. The molecule has 2 atom stereocenters. The number of nitrogens with two attached hydrogens (primary N) is 1. The summed E-state index contributed by atoms with van der Waals surface area (Å²) in [5.74, 6) is 1.04. The lowest BCUT2D eigenvalue weighted by molar-refractivity contribution is -0.124. The van der Waals surface area contributed by atoms with Gasteiger partial charge >= 0.3 is 0 Å². The van der Waals surface area contributed by atoms with Crippen molar-refractivity contribution in [2.24, 2.45) is 11.7 Å². The van der Waals surface area contributed by atoms with Gasteiger partial charge in [-0.05, 0) is 43.9 Å². The van der Waals surface area contributed by atoms with Gasteiger partial charge in [-0.3, -0.25) is 4.79 Å². The van der Waals surface area contributed by atoms with Crippen molar-refractivity contribution in [3.63, 3.8) is 0 Å². The molecule has 0 saturated heterocycles. The lowest BCUT2D eigenvalue weighted by Gasteiger charge is -2.13. The van der Waals surface area contributed by atoms with Crippen LogP contribution in [0.5, 0.6) is 5.75 Å². The molecule has 0 aliphatic carbocycles. The number of carbonyl (C=O) groups is 1. The summed E-state index contributed by atoms with van der Waals surface area (Å²) in [5, 5.41) is 3.00. The zero-order chi connectivity index (χ0) is 15.7. The molecule has 0 aromatic heterocycles. The van der Waals surface area contributed by atoms with Crippen LogP contribution in [-0.2, 0) is 11.2 Å². The summed E-state index contributed by atoms with van der Waals surface area (Å²) in [6, 6.07) is 8.14. The van der Waals surface area contributed by atoms with E-state index in [2.05, 4.69) is 5.32 Å². The second kappa shape index (κ2) is 9.40. The molecule has 3 N–H and O–H groups in total. The standard InChI is InChI=1S/C17H28N2O2/c1-13(5-4-6-14(2)18)17(20)19-12-11-15-7-9-16(21-3)10-8-15/h7-10,13-14H,4-6,11-12,18H2,1-3H3,(H,19,20). The summed E-state index contributed by atoms with van der Waals surface area (Å²) in [6.45, 7) is 4.65. The van der Waals surface area contributed by atoms with Gasteiger partial charge in [-0.25, -0.2) is 0 Å². The van der Waals surface area contributed by atoms with Gasteiger partial charge in [0.25, 0.3) is 0 Å². The Bertz CT molecular complexity index is 415. The average Bonchev–Trinajstić information content (AvgIpc) is 2.47. The molecule has 1 amide bonds. The number of carbonyl (C=O) groups excluding carboxylic acids is 1. The maximum atomic E-state index is 11.9. The molecule has 4 nitrogen and oxygen atoms in total. The van der Waals surface area contributed by atoms with Gasteiger partial charge in [-0.15, -0.1) is 0 Å². The number of methoxy groups -OCH3 is 1. The van der Waals surface area contributed by atoms with E-state index in [4.69, 9.17) is 10.5 Å². The van der Waals surface area contributed by atoms with Gasteiger partial charge in [-0.1, -0.05) is 25.5 Å². The first-order chi connectivity index (χ1) is 10.0. The summed E-state index contributed by atoms with van der Waals surface area (Å²) in [4.78, 5) is 11.9. The number of hydrogen-bond acceptors (Lipinski definition) is 3. The average molecular weight is 292 g/mol. The first-order valence-electron chi connectivity index (χ1n) is 7.69. The summed E-state index contributed by atoms with van der Waals surface area (Å²) < 4.78 is 5.12. The van der Waals surface area contributed by atoms with Gasteiger partial charge in [0.1, 0.15) is 5.75 Å². The Labute approximate surface area is 128 Å². The lowest BCUT2D eigenvalue weighted by atomic mass is 10.0. The Morgan fingerprint density at radius 2 is 1.90 bits per heavy atom. The predicted octanol–water partition coefficient (Wildman–Crippen LogP) is 2.51. The lowest BCUT2D eigenvalue weighted by Crippen LogP contribution is -2.31. The summed E-state index contributed by atoms with van der Waals surface area (Å²) >= 11 is 0. The van der Waals surface area contributed by atoms with Crippen LogP contribution in [0.1, 0.15) is 38.7 Å². The van der Waals surface area contributed by atoms with Crippen molar-refractivity contribution >= 4 is 5.91 Å². The highest BCUT2D eigenvalue weighted by Crippen LogP contribution is 2.12. The van der Waals surface area contributed by atoms with Crippen molar-refractivity contribution in [1.82, 2.24) is 5.32 Å². The molecule has 1 rings (SSSR count). The molecular weight excluding hydrogens is 264 g/mol. The highest BCUT2D eigenvalue weighted by atomic mass is 16.5. The molecule has 0 fully saturated rings. The van der Waals surface area contributed by atoms with Crippen LogP contribution in [0.3, 0.4) is 0 Å². The molecule has 0 spiro atoms. The van der Waals surface area contributed by atoms with E-state index in [1.54, 1.807) is 7.11 Å². The van der Waals surface area contributed by atoms with E-state index in [-0.39, 0.29) is 17.9 Å². The Morgan fingerprint density at radius 3 is 2.48 bits per heavy atom. The van der Waals surface area contributed by atoms with E-state index < -0.39 is 0 Å². The second-order valence-electron chi connectivity index (χ2n) is 5.70. The highest BCUT2D eigenvalue weighted by Gasteiger charge is 2.12. The smallest absolute Gasteiger partial charge is 0.222 e. The van der Waals surface area contributed by atoms with E-state index in [1.165, 1.54) is 5.56 Å². The van der Waals surface area contributed by atoms with E-state index in [0.717, 1.165) is 31.4 Å². The maximum Gasteiger partial charge on any atom is 0.222 e. The SMILES string of the molecule is COc1ccc(CCNC(=O)C(C)CCCC(C)N)cc1. The van der Waals surface area contributed by atoms with Crippen LogP contribution < -0.4 is 15.8 Å². The molecular formula is C17H28N2O2. The minimum atomic E-state index is 0.0552. The number of nitrogens with one attached hydrogen (secondary N) is 1. The third-order valence-corrected chi connectivity index (χ3v) is 3.62. The van der Waals surface area contributed by atoms with Crippen LogP contribution in [0.15, 0.2) is 24.3 Å². The second-order valence-corrected chi connectivity index (χ2v) is 5.70. The first-order valence-corrected chi connectivity index (χ1v) is 7.69. The fraction of sp³-hybridized carbons (Fsp3) is 0.588. The molecule has 0 saturated carbocycles. The highest BCUT2D eigenvalue weighted by molar-refractivity contribution is 5.78. The van der Waals surface area contributed by atoms with Crippen LogP contribution >= 0.6 is 0 Å². The molecule has 0 heterocycles. The zero-order valence-corrected chi connectivity index (χ0v) is 13.4. The number of benzene rings is 1. The molecule has 2 unspecified atom stereocenters. The largest absolute Gasteiger partial charge is 0.497 e. The van der Waals surface area contributed by atoms with Gasteiger partial charge in [-0.2, -0.15) is 0 Å². The Morgan fingerprint density at radius 1 is 1.24 bits per heavy atom. The van der Waals surface area contributed by atoms with Gasteiger partial charge < -0.3 is 15.8 Å². The van der Waals surface area contributed by atoms with Crippen LogP contribution in [0.25, 0.3) is 0 Å². The van der Waals surface area contributed by atoms with E-state index >= 15 is 0 Å². The molecule has 118 valence electrons. The van der Waals surface area contributed by atoms with Crippen molar-refractivity contribution in [3.8, 4) is 5.75 Å². The van der Waals surface area contributed by atoms with Crippen molar-refractivity contribution < 1.29 is 9.53 Å². The van der Waals surface area contributed by atoms with Crippen molar-refractivity contribution in [3.05, 3.63) is 29.8 Å². The molecule has 0 radical (unpaired) electrons. The molecule has 0 aliphatic heterocycles.